The fraction of sp³-hybridized carbons (Fsp3) is 0.464. The molecule has 1 unspecified atom stereocenters. The number of aryl methyl sites for hydroxylation is 1. The van der Waals surface area contributed by atoms with Crippen LogP contribution in [-0.2, 0) is 16.6 Å². The van der Waals surface area contributed by atoms with E-state index < -0.39 is 0 Å². The fourth-order valence-electron chi connectivity index (χ4n) is 5.38. The summed E-state index contributed by atoms with van der Waals surface area (Å²) in [5.41, 5.74) is 6.18. The molecule has 1 aromatic carbocycles. The number of hydrogen-bond donors (Lipinski definition) is 0. The molecule has 2 aromatic heterocycles. The Hall–Kier alpha value is -3.37. The second kappa shape index (κ2) is 9.35. The number of aromatic nitrogens is 2. The summed E-state index contributed by atoms with van der Waals surface area (Å²) < 4.78 is 7.20. The van der Waals surface area contributed by atoms with E-state index in [1.54, 1.807) is 7.11 Å². The maximum atomic E-state index is 12.6. The minimum Gasteiger partial charge on any atom is -0.384 e. The van der Waals surface area contributed by atoms with Crippen LogP contribution in [0.5, 0.6) is 0 Å². The average molecular weight is 472 g/mol. The van der Waals surface area contributed by atoms with Gasteiger partial charge in [0.2, 0.25) is 5.91 Å². The molecule has 2 fully saturated rings. The van der Waals surface area contributed by atoms with Crippen molar-refractivity contribution in [3.63, 3.8) is 0 Å². The Kier molecular flexibility index (Phi) is 6.24. The van der Waals surface area contributed by atoms with Crippen LogP contribution in [0.1, 0.15) is 48.9 Å². The summed E-state index contributed by atoms with van der Waals surface area (Å²) >= 11 is 0. The summed E-state index contributed by atoms with van der Waals surface area (Å²) in [7, 11) is 3.67. The molecule has 1 amide bonds. The molecule has 1 saturated carbocycles. The number of carbonyl (C=O) groups excluding carboxylic acids is 1. The number of fused-ring (bicyclic) bond motifs is 1. The molecule has 0 bridgehead atoms. The molecule has 1 aliphatic heterocycles. The zero-order valence-electron chi connectivity index (χ0n) is 21.0. The lowest BCUT2D eigenvalue weighted by molar-refractivity contribution is -0.134. The fourth-order valence-corrected chi connectivity index (χ4v) is 5.38. The standard InChI is InChI=1S/C28H33N5O2/c1-18-17-32(12-13-33(18)25(34)10-14-35-4)28-23(16-29)19(2)26(27(30-28)20-5-6-20)22-7-8-24-21(15-22)9-11-31(24)3/h7-9,11,15,18,20H,5-6,10,12-14,17H2,1-4H3. The summed E-state index contributed by atoms with van der Waals surface area (Å²) in [6.07, 6.45) is 4.74. The number of carbonyl (C=O) groups is 1. The zero-order valence-corrected chi connectivity index (χ0v) is 21.0. The van der Waals surface area contributed by atoms with Crippen molar-refractivity contribution in [2.75, 3.05) is 38.3 Å². The summed E-state index contributed by atoms with van der Waals surface area (Å²) in [4.78, 5) is 21.9. The molecular weight excluding hydrogens is 438 g/mol. The van der Waals surface area contributed by atoms with Gasteiger partial charge in [-0.1, -0.05) is 6.07 Å². The number of amides is 1. The van der Waals surface area contributed by atoms with Gasteiger partial charge < -0.3 is 19.1 Å². The number of ether oxygens (including phenoxy) is 1. The summed E-state index contributed by atoms with van der Waals surface area (Å²) in [6, 6.07) is 11.2. The quantitative estimate of drug-likeness (QED) is 0.534. The van der Waals surface area contributed by atoms with Crippen LogP contribution in [0.3, 0.4) is 0 Å². The zero-order chi connectivity index (χ0) is 24.7. The third-order valence-corrected chi connectivity index (χ3v) is 7.47. The van der Waals surface area contributed by atoms with Gasteiger partial charge in [-0.15, -0.1) is 0 Å². The first-order chi connectivity index (χ1) is 16.9. The van der Waals surface area contributed by atoms with Crippen molar-refractivity contribution in [3.05, 3.63) is 47.3 Å². The van der Waals surface area contributed by atoms with E-state index in [-0.39, 0.29) is 11.9 Å². The summed E-state index contributed by atoms with van der Waals surface area (Å²) in [5, 5.41) is 11.4. The highest BCUT2D eigenvalue weighted by atomic mass is 16.5. The molecule has 1 aliphatic carbocycles. The second-order valence-corrected chi connectivity index (χ2v) is 9.91. The molecule has 0 spiro atoms. The van der Waals surface area contributed by atoms with E-state index in [2.05, 4.69) is 66.9 Å². The summed E-state index contributed by atoms with van der Waals surface area (Å²) in [6.45, 7) is 6.53. The molecule has 1 saturated heterocycles. The number of nitrogens with zero attached hydrogens (tertiary/aromatic N) is 5. The normalized spacial score (nSPS) is 18.2. The highest BCUT2D eigenvalue weighted by Crippen LogP contribution is 2.47. The molecule has 2 aliphatic rings. The van der Waals surface area contributed by atoms with Crippen molar-refractivity contribution in [2.45, 2.75) is 45.1 Å². The smallest absolute Gasteiger partial charge is 0.225 e. The molecule has 3 heterocycles. The second-order valence-electron chi connectivity index (χ2n) is 9.91. The third-order valence-electron chi connectivity index (χ3n) is 7.47. The molecule has 7 nitrogen and oxygen atoms in total. The SMILES string of the molecule is COCCC(=O)N1CCN(c2nc(C3CC3)c(-c3ccc4c(ccn4C)c3)c(C)c2C#N)CC1C. The topological polar surface area (TPSA) is 74.4 Å². The highest BCUT2D eigenvalue weighted by Gasteiger charge is 2.34. The van der Waals surface area contributed by atoms with Crippen LogP contribution in [0.25, 0.3) is 22.0 Å². The number of nitriles is 1. The predicted octanol–water partition coefficient (Wildman–Crippen LogP) is 4.37. The van der Waals surface area contributed by atoms with Gasteiger partial charge in [-0.25, -0.2) is 4.98 Å². The number of piperazine rings is 1. The van der Waals surface area contributed by atoms with E-state index in [1.807, 2.05) is 4.90 Å². The third kappa shape index (κ3) is 4.28. The minimum atomic E-state index is 0.0475. The monoisotopic (exact) mass is 471 g/mol. The molecule has 5 rings (SSSR count). The molecule has 0 radical (unpaired) electrons. The van der Waals surface area contributed by atoms with Crippen molar-refractivity contribution >= 4 is 22.6 Å². The average Bonchev–Trinajstić information content (AvgIpc) is 3.64. The van der Waals surface area contributed by atoms with Crippen molar-refractivity contribution in [1.29, 1.82) is 5.26 Å². The molecule has 182 valence electrons. The van der Waals surface area contributed by atoms with Gasteiger partial charge in [-0.3, -0.25) is 4.79 Å². The van der Waals surface area contributed by atoms with Crippen LogP contribution in [0.2, 0.25) is 0 Å². The number of hydrogen-bond acceptors (Lipinski definition) is 5. The lowest BCUT2D eigenvalue weighted by Gasteiger charge is -2.41. The predicted molar refractivity (Wildman–Crippen MR) is 137 cm³/mol. The van der Waals surface area contributed by atoms with Gasteiger partial charge in [-0.2, -0.15) is 5.26 Å². The Bertz CT molecular complexity index is 1320. The van der Waals surface area contributed by atoms with Gasteiger partial charge in [0.1, 0.15) is 11.9 Å². The Morgan fingerprint density at radius 3 is 2.74 bits per heavy atom. The number of rotatable bonds is 6. The van der Waals surface area contributed by atoms with Crippen LogP contribution in [0.15, 0.2) is 30.5 Å². The minimum absolute atomic E-state index is 0.0475. The molecule has 7 heteroatoms. The van der Waals surface area contributed by atoms with Gasteiger partial charge in [0.25, 0.3) is 0 Å². The van der Waals surface area contributed by atoms with Crippen LogP contribution in [0, 0.1) is 18.3 Å². The Morgan fingerprint density at radius 1 is 1.26 bits per heavy atom. The van der Waals surface area contributed by atoms with Gasteiger partial charge in [0.15, 0.2) is 0 Å². The van der Waals surface area contributed by atoms with Gasteiger partial charge in [0.05, 0.1) is 24.3 Å². The molecule has 35 heavy (non-hydrogen) atoms. The first-order valence-corrected chi connectivity index (χ1v) is 12.5. The van der Waals surface area contributed by atoms with Crippen LogP contribution in [-0.4, -0.2) is 59.8 Å². The van der Waals surface area contributed by atoms with E-state index in [4.69, 9.17) is 9.72 Å². The Labute approximate surface area is 206 Å². The van der Waals surface area contributed by atoms with Gasteiger partial charge >= 0.3 is 0 Å². The van der Waals surface area contributed by atoms with Gasteiger partial charge in [-0.05, 0) is 56.0 Å². The number of anilines is 1. The van der Waals surface area contributed by atoms with E-state index in [9.17, 15) is 10.1 Å². The van der Waals surface area contributed by atoms with Crippen LogP contribution < -0.4 is 4.90 Å². The lowest BCUT2D eigenvalue weighted by atomic mass is 9.92. The highest BCUT2D eigenvalue weighted by molar-refractivity contribution is 5.88. The van der Waals surface area contributed by atoms with E-state index in [0.29, 0.717) is 44.1 Å². The van der Waals surface area contributed by atoms with Crippen molar-refractivity contribution in [1.82, 2.24) is 14.5 Å². The molecule has 0 N–H and O–H groups in total. The summed E-state index contributed by atoms with van der Waals surface area (Å²) in [5.74, 6) is 1.33. The van der Waals surface area contributed by atoms with E-state index in [0.717, 1.165) is 41.0 Å². The first kappa shape index (κ1) is 23.4. The molecule has 3 aromatic rings. The number of pyridine rings is 1. The van der Waals surface area contributed by atoms with Crippen molar-refractivity contribution < 1.29 is 9.53 Å². The van der Waals surface area contributed by atoms with E-state index >= 15 is 0 Å². The van der Waals surface area contributed by atoms with E-state index in [1.165, 1.54) is 10.9 Å². The number of benzene rings is 1. The van der Waals surface area contributed by atoms with Crippen LogP contribution in [0.4, 0.5) is 5.82 Å². The maximum absolute atomic E-state index is 12.6. The Balaban J connectivity index is 1.52. The largest absolute Gasteiger partial charge is 0.384 e. The Morgan fingerprint density at radius 2 is 2.06 bits per heavy atom. The molecular formula is C28H33N5O2. The van der Waals surface area contributed by atoms with Gasteiger partial charge in [0, 0.05) is 68.4 Å². The maximum Gasteiger partial charge on any atom is 0.225 e. The lowest BCUT2D eigenvalue weighted by Crippen LogP contribution is -2.54. The number of methoxy groups -OCH3 is 1. The van der Waals surface area contributed by atoms with Crippen molar-refractivity contribution in [3.8, 4) is 17.2 Å². The molecule has 1 atom stereocenters. The first-order valence-electron chi connectivity index (χ1n) is 12.5. The van der Waals surface area contributed by atoms with Crippen LogP contribution >= 0.6 is 0 Å². The van der Waals surface area contributed by atoms with Crippen molar-refractivity contribution in [2.24, 2.45) is 7.05 Å².